The summed E-state index contributed by atoms with van der Waals surface area (Å²) in [5.41, 5.74) is 4.01. The summed E-state index contributed by atoms with van der Waals surface area (Å²) >= 11 is 0. The lowest BCUT2D eigenvalue weighted by molar-refractivity contribution is 0.395. The van der Waals surface area contributed by atoms with Crippen molar-refractivity contribution in [3.8, 4) is 11.5 Å². The quantitative estimate of drug-likeness (QED) is 0.695. The topological polar surface area (TPSA) is 81.2 Å². The van der Waals surface area contributed by atoms with E-state index in [4.69, 9.17) is 9.47 Å². The lowest BCUT2D eigenvalue weighted by Crippen LogP contribution is -2.04. The molecule has 0 saturated heterocycles. The van der Waals surface area contributed by atoms with E-state index >= 15 is 0 Å². The van der Waals surface area contributed by atoms with E-state index in [1.54, 1.807) is 26.5 Å². The molecule has 0 amide bonds. The van der Waals surface area contributed by atoms with E-state index in [1.807, 2.05) is 31.2 Å². The van der Waals surface area contributed by atoms with Gasteiger partial charge in [-0.05, 0) is 37.6 Å². The van der Waals surface area contributed by atoms with Crippen LogP contribution in [0.5, 0.6) is 11.5 Å². The Morgan fingerprint density at radius 1 is 0.885 bits per heavy atom. The Bertz CT molecular complexity index is 914. The number of aromatic nitrogens is 3. The van der Waals surface area contributed by atoms with Gasteiger partial charge in [0.05, 0.1) is 26.1 Å². The van der Waals surface area contributed by atoms with Crippen molar-refractivity contribution >= 4 is 23.1 Å². The molecule has 0 spiro atoms. The van der Waals surface area contributed by atoms with E-state index < -0.39 is 0 Å². The first-order valence-electron chi connectivity index (χ1n) is 8.12. The fourth-order valence-corrected chi connectivity index (χ4v) is 2.53. The molecule has 0 atom stereocenters. The molecule has 0 aliphatic carbocycles. The van der Waals surface area contributed by atoms with Gasteiger partial charge in [-0.3, -0.25) is 0 Å². The van der Waals surface area contributed by atoms with Crippen molar-refractivity contribution in [3.05, 3.63) is 53.7 Å². The lowest BCUT2D eigenvalue weighted by atomic mass is 10.1. The predicted molar refractivity (Wildman–Crippen MR) is 102 cm³/mol. The zero-order valence-corrected chi connectivity index (χ0v) is 15.2. The molecule has 2 aromatic carbocycles. The van der Waals surface area contributed by atoms with Crippen LogP contribution in [0.15, 0.2) is 42.6 Å². The summed E-state index contributed by atoms with van der Waals surface area (Å²) < 4.78 is 10.6. The van der Waals surface area contributed by atoms with E-state index in [-0.39, 0.29) is 0 Å². The molecule has 3 aromatic rings. The number of nitrogens with zero attached hydrogens (tertiary/aromatic N) is 3. The number of benzene rings is 2. The Balaban J connectivity index is 1.81. The van der Waals surface area contributed by atoms with Gasteiger partial charge in [0.25, 0.3) is 0 Å². The number of methoxy groups -OCH3 is 2. The second-order valence-corrected chi connectivity index (χ2v) is 5.80. The lowest BCUT2D eigenvalue weighted by Gasteiger charge is -2.13. The number of hydrogen-bond donors (Lipinski definition) is 2. The van der Waals surface area contributed by atoms with Gasteiger partial charge in [0.2, 0.25) is 5.95 Å². The molecule has 0 fully saturated rings. The van der Waals surface area contributed by atoms with Gasteiger partial charge >= 0.3 is 0 Å². The van der Waals surface area contributed by atoms with Gasteiger partial charge in [-0.2, -0.15) is 10.1 Å². The molecule has 0 saturated carbocycles. The normalized spacial score (nSPS) is 10.3. The van der Waals surface area contributed by atoms with Gasteiger partial charge in [-0.15, -0.1) is 5.10 Å². The van der Waals surface area contributed by atoms with Crippen LogP contribution in [0.25, 0.3) is 0 Å². The summed E-state index contributed by atoms with van der Waals surface area (Å²) in [5, 5.41) is 14.4. The highest BCUT2D eigenvalue weighted by Gasteiger charge is 2.08. The van der Waals surface area contributed by atoms with Crippen LogP contribution >= 0.6 is 0 Å². The minimum absolute atomic E-state index is 0.412. The number of anilines is 4. The first kappa shape index (κ1) is 17.5. The summed E-state index contributed by atoms with van der Waals surface area (Å²) in [6.45, 7) is 4.09. The Kier molecular flexibility index (Phi) is 5.17. The maximum absolute atomic E-state index is 5.39. The van der Waals surface area contributed by atoms with Gasteiger partial charge in [0.15, 0.2) is 5.82 Å². The fraction of sp³-hybridized carbons (Fsp3) is 0.211. The average molecular weight is 351 g/mol. The Morgan fingerprint density at radius 3 is 2.42 bits per heavy atom. The second kappa shape index (κ2) is 7.69. The van der Waals surface area contributed by atoms with Crippen LogP contribution in [0.3, 0.4) is 0 Å². The smallest absolute Gasteiger partial charge is 0.249 e. The van der Waals surface area contributed by atoms with Crippen LogP contribution in [-0.2, 0) is 0 Å². The van der Waals surface area contributed by atoms with Gasteiger partial charge in [0.1, 0.15) is 11.5 Å². The molecule has 26 heavy (non-hydrogen) atoms. The summed E-state index contributed by atoms with van der Waals surface area (Å²) in [6, 6.07) is 11.6. The van der Waals surface area contributed by atoms with Crippen molar-refractivity contribution in [1.29, 1.82) is 0 Å². The van der Waals surface area contributed by atoms with E-state index in [0.717, 1.165) is 16.9 Å². The van der Waals surface area contributed by atoms with E-state index in [9.17, 15) is 0 Å². The van der Waals surface area contributed by atoms with Crippen LogP contribution in [0.2, 0.25) is 0 Å². The van der Waals surface area contributed by atoms with E-state index in [1.165, 1.54) is 5.56 Å². The summed E-state index contributed by atoms with van der Waals surface area (Å²) in [7, 11) is 3.21. The molecule has 3 rings (SSSR count). The van der Waals surface area contributed by atoms with Crippen LogP contribution < -0.4 is 20.1 Å². The molecule has 0 unspecified atom stereocenters. The summed E-state index contributed by atoms with van der Waals surface area (Å²) in [4.78, 5) is 4.46. The van der Waals surface area contributed by atoms with Crippen molar-refractivity contribution in [1.82, 2.24) is 15.2 Å². The molecule has 7 heteroatoms. The largest absolute Gasteiger partial charge is 0.497 e. The van der Waals surface area contributed by atoms with Crippen molar-refractivity contribution in [3.63, 3.8) is 0 Å². The second-order valence-electron chi connectivity index (χ2n) is 5.80. The predicted octanol–water partition coefficient (Wildman–Crippen LogP) is 3.99. The maximum Gasteiger partial charge on any atom is 0.249 e. The van der Waals surface area contributed by atoms with Crippen LogP contribution in [0, 0.1) is 13.8 Å². The van der Waals surface area contributed by atoms with Gasteiger partial charge in [-0.1, -0.05) is 17.7 Å². The number of nitrogens with one attached hydrogen (secondary N) is 2. The standard InChI is InChI=1S/C19H21N5O2/c1-12-5-7-15(13(2)9-12)22-19-23-18(11-20-24-19)21-16-8-6-14(25-3)10-17(16)26-4/h5-11H,1-4H3,(H2,21,22,23,24). The zero-order chi connectivity index (χ0) is 18.5. The van der Waals surface area contributed by atoms with Crippen LogP contribution in [0.1, 0.15) is 11.1 Å². The monoisotopic (exact) mass is 351 g/mol. The van der Waals surface area contributed by atoms with E-state index in [2.05, 4.69) is 38.8 Å². The van der Waals surface area contributed by atoms with Gasteiger partial charge in [-0.25, -0.2) is 0 Å². The van der Waals surface area contributed by atoms with E-state index in [0.29, 0.717) is 23.3 Å². The molecule has 0 radical (unpaired) electrons. The Hall–Kier alpha value is -3.35. The molecule has 0 bridgehead atoms. The highest BCUT2D eigenvalue weighted by atomic mass is 16.5. The minimum atomic E-state index is 0.412. The zero-order valence-electron chi connectivity index (χ0n) is 15.2. The molecule has 2 N–H and O–H groups in total. The first-order chi connectivity index (χ1) is 12.6. The number of aryl methyl sites for hydroxylation is 2. The Morgan fingerprint density at radius 2 is 1.69 bits per heavy atom. The van der Waals surface area contributed by atoms with Crippen molar-refractivity contribution in [2.75, 3.05) is 24.9 Å². The number of rotatable bonds is 6. The molecule has 1 heterocycles. The van der Waals surface area contributed by atoms with Crippen molar-refractivity contribution < 1.29 is 9.47 Å². The highest BCUT2D eigenvalue weighted by molar-refractivity contribution is 5.66. The molecule has 7 nitrogen and oxygen atoms in total. The molecular weight excluding hydrogens is 330 g/mol. The minimum Gasteiger partial charge on any atom is -0.497 e. The fourth-order valence-electron chi connectivity index (χ4n) is 2.53. The highest BCUT2D eigenvalue weighted by Crippen LogP contribution is 2.31. The molecular formula is C19H21N5O2. The van der Waals surface area contributed by atoms with Crippen molar-refractivity contribution in [2.24, 2.45) is 0 Å². The number of hydrogen-bond acceptors (Lipinski definition) is 7. The molecule has 134 valence electrons. The maximum atomic E-state index is 5.39. The third-order valence-electron chi connectivity index (χ3n) is 3.86. The van der Waals surface area contributed by atoms with Gasteiger partial charge in [0, 0.05) is 11.8 Å². The van der Waals surface area contributed by atoms with Crippen LogP contribution in [-0.4, -0.2) is 29.4 Å². The SMILES string of the molecule is COc1ccc(Nc2cnnc(Nc3ccc(C)cc3C)n2)c(OC)c1. The van der Waals surface area contributed by atoms with Gasteiger partial charge < -0.3 is 20.1 Å². The van der Waals surface area contributed by atoms with Crippen LogP contribution in [0.4, 0.5) is 23.1 Å². The average Bonchev–Trinajstić information content (AvgIpc) is 2.65. The third-order valence-corrected chi connectivity index (χ3v) is 3.86. The molecule has 0 aliphatic rings. The molecule has 1 aromatic heterocycles. The Labute approximate surface area is 152 Å². The summed E-state index contributed by atoms with van der Waals surface area (Å²) in [6.07, 6.45) is 1.55. The third kappa shape index (κ3) is 4.00. The first-order valence-corrected chi connectivity index (χ1v) is 8.12. The number of ether oxygens (including phenoxy) is 2. The molecule has 0 aliphatic heterocycles. The van der Waals surface area contributed by atoms with Crippen molar-refractivity contribution in [2.45, 2.75) is 13.8 Å². The summed E-state index contributed by atoms with van der Waals surface area (Å²) in [5.74, 6) is 2.32.